The molecule has 2 aliphatic heterocycles. The van der Waals surface area contributed by atoms with E-state index < -0.39 is 0 Å². The molecule has 2 amide bonds. The van der Waals surface area contributed by atoms with Crippen molar-refractivity contribution in [2.75, 3.05) is 0 Å². The summed E-state index contributed by atoms with van der Waals surface area (Å²) in [5.41, 5.74) is 0.595. The number of hydrogen-bond acceptors (Lipinski definition) is 1. The molecular weight excluding hydrogens is 284 g/mol. The van der Waals surface area contributed by atoms with Crippen LogP contribution in [-0.4, -0.2) is 29.1 Å². The van der Waals surface area contributed by atoms with Crippen LogP contribution in [0.5, 0.6) is 0 Å². The van der Waals surface area contributed by atoms with Gasteiger partial charge in [0.25, 0.3) is 0 Å². The largest absolute Gasteiger partial charge is 0.335 e. The number of urea groups is 1. The Labute approximate surface area is 140 Å². The molecule has 0 aromatic rings. The molecular formula is C20H32N2O. The molecule has 0 aromatic carbocycles. The summed E-state index contributed by atoms with van der Waals surface area (Å²) in [4.78, 5) is 15.3. The van der Waals surface area contributed by atoms with E-state index in [0.717, 1.165) is 23.7 Å². The van der Waals surface area contributed by atoms with Gasteiger partial charge < -0.3 is 10.2 Å². The highest BCUT2D eigenvalue weighted by atomic mass is 16.2. The van der Waals surface area contributed by atoms with E-state index in [1.54, 1.807) is 0 Å². The van der Waals surface area contributed by atoms with E-state index in [1.165, 1.54) is 57.8 Å². The van der Waals surface area contributed by atoms with Gasteiger partial charge in [0, 0.05) is 18.1 Å². The first-order valence-electron chi connectivity index (χ1n) is 10.1. The molecule has 128 valence electrons. The van der Waals surface area contributed by atoms with Gasteiger partial charge in [-0.3, -0.25) is 0 Å². The minimum Gasteiger partial charge on any atom is -0.335 e. The predicted octanol–water partition coefficient (Wildman–Crippen LogP) is 4.17. The van der Waals surface area contributed by atoms with Crippen LogP contribution in [0.15, 0.2) is 0 Å². The van der Waals surface area contributed by atoms with Crippen LogP contribution >= 0.6 is 0 Å². The summed E-state index contributed by atoms with van der Waals surface area (Å²) in [6, 6.07) is 1.81. The van der Waals surface area contributed by atoms with E-state index in [1.807, 2.05) is 0 Å². The van der Waals surface area contributed by atoms with Crippen LogP contribution in [-0.2, 0) is 0 Å². The lowest BCUT2D eigenvalue weighted by molar-refractivity contribution is -0.0647. The molecule has 6 rings (SSSR count). The van der Waals surface area contributed by atoms with Crippen molar-refractivity contribution in [2.24, 2.45) is 29.1 Å². The molecule has 3 nitrogen and oxygen atoms in total. The molecule has 6 bridgehead atoms. The summed E-state index contributed by atoms with van der Waals surface area (Å²) < 4.78 is 0. The van der Waals surface area contributed by atoms with Crippen molar-refractivity contribution < 1.29 is 4.79 Å². The Morgan fingerprint density at radius 3 is 2.17 bits per heavy atom. The normalized spacial score (nSPS) is 53.7. The van der Waals surface area contributed by atoms with Gasteiger partial charge in [0.05, 0.1) is 0 Å². The first kappa shape index (κ1) is 14.6. The lowest BCUT2D eigenvalue weighted by atomic mass is 9.48. The van der Waals surface area contributed by atoms with Crippen LogP contribution in [0.3, 0.4) is 0 Å². The van der Waals surface area contributed by atoms with Crippen molar-refractivity contribution in [1.82, 2.24) is 10.2 Å². The van der Waals surface area contributed by atoms with Crippen LogP contribution in [0.2, 0.25) is 0 Å². The number of fused-ring (bicyclic) bond motifs is 2. The average Bonchev–Trinajstić information content (AvgIpc) is 2.73. The van der Waals surface area contributed by atoms with Crippen LogP contribution in [0, 0.1) is 29.1 Å². The molecule has 2 saturated heterocycles. The molecule has 6 aliphatic rings. The molecule has 0 radical (unpaired) electrons. The fourth-order valence-electron chi connectivity index (χ4n) is 7.66. The van der Waals surface area contributed by atoms with Crippen molar-refractivity contribution >= 4 is 6.03 Å². The van der Waals surface area contributed by atoms with Gasteiger partial charge in [-0.15, -0.1) is 0 Å². The molecule has 1 N–H and O–H groups in total. The van der Waals surface area contributed by atoms with E-state index >= 15 is 0 Å². The van der Waals surface area contributed by atoms with Crippen LogP contribution < -0.4 is 5.32 Å². The summed E-state index contributed by atoms with van der Waals surface area (Å²) in [7, 11) is 0. The molecule has 0 spiro atoms. The van der Waals surface area contributed by atoms with Gasteiger partial charge in [-0.05, 0) is 86.9 Å². The van der Waals surface area contributed by atoms with Gasteiger partial charge in [-0.1, -0.05) is 13.8 Å². The fourth-order valence-corrected chi connectivity index (χ4v) is 7.66. The van der Waals surface area contributed by atoms with E-state index in [0.29, 0.717) is 23.5 Å². The molecule has 5 atom stereocenters. The zero-order valence-corrected chi connectivity index (χ0v) is 14.8. The standard InChI is InChI=1S/C20H32N2O/c1-12-5-16-3-4-17(6-12)22(16)19(23)21-18-14-7-13-8-15(18)11-20(2,9-13)10-14/h12-18H,3-11H2,1-2H3,(H,21,23)/t12-,13?,14?,15?,16+,17-,18-,20+. The van der Waals surface area contributed by atoms with Crippen LogP contribution in [0.4, 0.5) is 4.79 Å². The third-order valence-corrected chi connectivity index (χ3v) is 8.07. The molecule has 0 aromatic heterocycles. The molecule has 6 fully saturated rings. The quantitative estimate of drug-likeness (QED) is 0.773. The SMILES string of the molecule is C[C@H]1C[C@H]2CC[C@@H](C1)N2C(=O)N[C@H]1C2CC3CC1C[C@](C)(C3)C2. The van der Waals surface area contributed by atoms with Gasteiger partial charge in [-0.2, -0.15) is 0 Å². The smallest absolute Gasteiger partial charge is 0.318 e. The van der Waals surface area contributed by atoms with Crippen molar-refractivity contribution in [3.05, 3.63) is 0 Å². The highest BCUT2D eigenvalue weighted by Gasteiger charge is 2.54. The summed E-state index contributed by atoms with van der Waals surface area (Å²) >= 11 is 0. The summed E-state index contributed by atoms with van der Waals surface area (Å²) in [6.07, 6.45) is 11.8. The first-order chi connectivity index (χ1) is 11.0. The van der Waals surface area contributed by atoms with Crippen LogP contribution in [0.25, 0.3) is 0 Å². The Kier molecular flexibility index (Phi) is 3.10. The fraction of sp³-hybridized carbons (Fsp3) is 0.950. The van der Waals surface area contributed by atoms with E-state index in [4.69, 9.17) is 0 Å². The number of rotatable bonds is 1. The maximum absolute atomic E-state index is 13.1. The number of nitrogens with zero attached hydrogens (tertiary/aromatic N) is 1. The number of carbonyl (C=O) groups is 1. The second-order valence-electron chi connectivity index (χ2n) is 10.1. The number of carbonyl (C=O) groups excluding carboxylic acids is 1. The van der Waals surface area contributed by atoms with Crippen LogP contribution in [0.1, 0.15) is 71.6 Å². The van der Waals surface area contributed by atoms with Gasteiger partial charge in [-0.25, -0.2) is 4.79 Å². The highest BCUT2D eigenvalue weighted by molar-refractivity contribution is 5.76. The number of nitrogens with one attached hydrogen (secondary N) is 1. The highest BCUT2D eigenvalue weighted by Crippen LogP contribution is 2.59. The number of amides is 2. The first-order valence-corrected chi connectivity index (χ1v) is 10.1. The van der Waals surface area contributed by atoms with E-state index in [2.05, 4.69) is 24.1 Å². The number of piperidine rings is 1. The summed E-state index contributed by atoms with van der Waals surface area (Å²) in [5.74, 6) is 3.28. The summed E-state index contributed by atoms with van der Waals surface area (Å²) in [6.45, 7) is 4.86. The van der Waals surface area contributed by atoms with Crippen molar-refractivity contribution in [1.29, 1.82) is 0 Å². The zero-order valence-electron chi connectivity index (χ0n) is 14.8. The topological polar surface area (TPSA) is 32.3 Å². The van der Waals surface area contributed by atoms with E-state index in [9.17, 15) is 4.79 Å². The van der Waals surface area contributed by atoms with E-state index in [-0.39, 0.29) is 6.03 Å². The molecule has 2 heterocycles. The third-order valence-electron chi connectivity index (χ3n) is 8.07. The minimum atomic E-state index is 0.284. The molecule has 23 heavy (non-hydrogen) atoms. The zero-order chi connectivity index (χ0) is 15.8. The monoisotopic (exact) mass is 316 g/mol. The van der Waals surface area contributed by atoms with Gasteiger partial charge >= 0.3 is 6.03 Å². The Morgan fingerprint density at radius 1 is 1.00 bits per heavy atom. The Hall–Kier alpha value is -0.730. The van der Waals surface area contributed by atoms with Crippen molar-refractivity contribution in [3.8, 4) is 0 Å². The van der Waals surface area contributed by atoms with Gasteiger partial charge in [0.15, 0.2) is 0 Å². The molecule has 3 heteroatoms. The number of hydrogen-bond donors (Lipinski definition) is 1. The maximum Gasteiger partial charge on any atom is 0.318 e. The van der Waals surface area contributed by atoms with Gasteiger partial charge in [0.2, 0.25) is 0 Å². The summed E-state index contributed by atoms with van der Waals surface area (Å²) in [5, 5.41) is 3.55. The second kappa shape index (κ2) is 4.89. The molecule has 4 aliphatic carbocycles. The Bertz CT molecular complexity index is 488. The molecule has 2 unspecified atom stereocenters. The lowest BCUT2D eigenvalue weighted by Crippen LogP contribution is -2.61. The Balaban J connectivity index is 1.30. The van der Waals surface area contributed by atoms with Crippen molar-refractivity contribution in [3.63, 3.8) is 0 Å². The lowest BCUT2D eigenvalue weighted by Gasteiger charge is -2.59. The predicted molar refractivity (Wildman–Crippen MR) is 91.0 cm³/mol. The van der Waals surface area contributed by atoms with Crippen molar-refractivity contribution in [2.45, 2.75) is 89.8 Å². The Morgan fingerprint density at radius 2 is 1.61 bits per heavy atom. The van der Waals surface area contributed by atoms with Gasteiger partial charge in [0.1, 0.15) is 0 Å². The molecule has 4 saturated carbocycles. The third kappa shape index (κ3) is 2.25. The minimum absolute atomic E-state index is 0.284. The maximum atomic E-state index is 13.1. The second-order valence-corrected chi connectivity index (χ2v) is 10.1. The average molecular weight is 316 g/mol.